The van der Waals surface area contributed by atoms with Crippen LogP contribution < -0.4 is 17.3 Å². The molecule has 0 atom stereocenters. The molecular formula is C23H33ClN2O2. The van der Waals surface area contributed by atoms with Crippen molar-refractivity contribution in [3.8, 4) is 0 Å². The van der Waals surface area contributed by atoms with E-state index in [2.05, 4.69) is 72.0 Å². The number of quaternary nitrogens is 1. The Bertz CT molecular complexity index is 590. The van der Waals surface area contributed by atoms with Gasteiger partial charge >= 0.3 is 0 Å². The first-order chi connectivity index (χ1) is 13.3. The summed E-state index contributed by atoms with van der Waals surface area (Å²) in [4.78, 5) is 6.02. The van der Waals surface area contributed by atoms with E-state index in [1.807, 2.05) is 13.8 Å². The third-order valence-corrected chi connectivity index (χ3v) is 4.25. The van der Waals surface area contributed by atoms with Gasteiger partial charge in [0.25, 0.3) is 0 Å². The number of aliphatic imine (C=N–C) groups is 1. The zero-order valence-electron chi connectivity index (χ0n) is 17.0. The first-order valence-electron chi connectivity index (χ1n) is 9.97. The zero-order valence-corrected chi connectivity index (χ0v) is 17.8. The molecule has 0 heterocycles. The summed E-state index contributed by atoms with van der Waals surface area (Å²) in [5, 5.41) is 0. The predicted molar refractivity (Wildman–Crippen MR) is 111 cm³/mol. The number of hydrogen-bond acceptors (Lipinski definition) is 3. The first-order valence-corrected chi connectivity index (χ1v) is 9.97. The van der Waals surface area contributed by atoms with Crippen LogP contribution in [0.25, 0.3) is 0 Å². The van der Waals surface area contributed by atoms with E-state index in [-0.39, 0.29) is 18.7 Å². The quantitative estimate of drug-likeness (QED) is 0.228. The molecule has 4 nitrogen and oxygen atoms in total. The average Bonchev–Trinajstić information content (AvgIpc) is 2.69. The highest BCUT2D eigenvalue weighted by atomic mass is 35.5. The van der Waals surface area contributed by atoms with E-state index in [4.69, 9.17) is 9.47 Å². The van der Waals surface area contributed by atoms with Crippen LogP contribution in [0.15, 0.2) is 65.7 Å². The van der Waals surface area contributed by atoms with Gasteiger partial charge in [-0.1, -0.05) is 60.7 Å². The third-order valence-electron chi connectivity index (χ3n) is 4.25. The van der Waals surface area contributed by atoms with Crippen LogP contribution >= 0.6 is 0 Å². The number of nitrogens with one attached hydrogen (secondary N) is 1. The molecule has 2 aromatic carbocycles. The maximum absolute atomic E-state index is 5.59. The Morgan fingerprint density at radius 3 is 1.82 bits per heavy atom. The van der Waals surface area contributed by atoms with Crippen molar-refractivity contribution in [1.29, 1.82) is 0 Å². The minimum Gasteiger partial charge on any atom is -1.00 e. The summed E-state index contributed by atoms with van der Waals surface area (Å²) in [6.45, 7) is 8.01. The maximum atomic E-state index is 5.59. The highest BCUT2D eigenvalue weighted by Gasteiger charge is 2.09. The number of benzene rings is 2. The van der Waals surface area contributed by atoms with Crippen LogP contribution in [0.4, 0.5) is 0 Å². The Labute approximate surface area is 176 Å². The van der Waals surface area contributed by atoms with Crippen molar-refractivity contribution in [3.63, 3.8) is 0 Å². The smallest absolute Gasteiger partial charge is 0.184 e. The van der Waals surface area contributed by atoms with Gasteiger partial charge in [0.2, 0.25) is 0 Å². The third kappa shape index (κ3) is 10.00. The Hall–Kier alpha value is -1.72. The topological polar surface area (TPSA) is 35.3 Å². The lowest BCUT2D eigenvalue weighted by Crippen LogP contribution is -3.08. The molecule has 0 aromatic heterocycles. The molecule has 0 aliphatic carbocycles. The van der Waals surface area contributed by atoms with E-state index in [9.17, 15) is 0 Å². The molecule has 0 spiro atoms. The largest absolute Gasteiger partial charge is 1.00 e. The lowest BCUT2D eigenvalue weighted by atomic mass is 10.2. The normalized spacial score (nSPS) is 11.3. The highest BCUT2D eigenvalue weighted by molar-refractivity contribution is 5.43. The van der Waals surface area contributed by atoms with Gasteiger partial charge in [-0.15, -0.1) is 0 Å². The Kier molecular flexibility index (Phi) is 13.2. The van der Waals surface area contributed by atoms with E-state index >= 15 is 0 Å². The summed E-state index contributed by atoms with van der Waals surface area (Å²) in [7, 11) is 0. The second-order valence-electron chi connectivity index (χ2n) is 6.50. The van der Waals surface area contributed by atoms with Crippen molar-refractivity contribution in [1.82, 2.24) is 0 Å². The number of halogens is 1. The molecule has 28 heavy (non-hydrogen) atoms. The molecular weight excluding hydrogens is 372 g/mol. The number of ether oxygens (including phenoxy) is 2. The molecule has 154 valence electrons. The van der Waals surface area contributed by atoms with E-state index < -0.39 is 0 Å². The first kappa shape index (κ1) is 24.3. The summed E-state index contributed by atoms with van der Waals surface area (Å²) in [5.41, 5.74) is 2.64. The van der Waals surface area contributed by atoms with Crippen molar-refractivity contribution in [2.45, 2.75) is 46.1 Å². The van der Waals surface area contributed by atoms with E-state index in [1.165, 1.54) is 16.0 Å². The standard InChI is InChI=1S/C23H32N2O2.ClH/c1-3-26-23(27-4-2)16-11-17-24-20-25(18-21-12-7-5-8-13-21)19-22-14-9-6-10-15-22;/h5-10,12-15,20,23H,3-4,11,16-19H2,1-2H3;1H. The van der Waals surface area contributed by atoms with E-state index in [0.717, 1.165) is 32.5 Å². The Morgan fingerprint density at radius 1 is 0.857 bits per heavy atom. The molecule has 0 aliphatic rings. The van der Waals surface area contributed by atoms with Gasteiger partial charge in [-0.25, -0.2) is 4.99 Å². The van der Waals surface area contributed by atoms with Gasteiger partial charge in [0.05, 0.1) is 0 Å². The summed E-state index contributed by atoms with van der Waals surface area (Å²) in [5.74, 6) is 0. The lowest BCUT2D eigenvalue weighted by molar-refractivity contribution is -0.828. The molecule has 1 N–H and O–H groups in total. The molecule has 0 unspecified atom stereocenters. The van der Waals surface area contributed by atoms with Crippen molar-refractivity contribution in [2.75, 3.05) is 19.8 Å². The summed E-state index contributed by atoms with van der Waals surface area (Å²) >= 11 is 0. The fourth-order valence-electron chi connectivity index (χ4n) is 3.00. The highest BCUT2D eigenvalue weighted by Crippen LogP contribution is 2.04. The summed E-state index contributed by atoms with van der Waals surface area (Å²) in [6, 6.07) is 21.2. The van der Waals surface area contributed by atoms with Crippen LogP contribution in [0.1, 0.15) is 37.8 Å². The number of hydrogen-bond donors (Lipinski definition) is 1. The summed E-state index contributed by atoms with van der Waals surface area (Å²) < 4.78 is 11.2. The van der Waals surface area contributed by atoms with Gasteiger partial charge in [-0.3, -0.25) is 4.90 Å². The fourth-order valence-corrected chi connectivity index (χ4v) is 3.00. The van der Waals surface area contributed by atoms with Gasteiger partial charge in [0, 0.05) is 37.3 Å². The molecule has 0 amide bonds. The van der Waals surface area contributed by atoms with Gasteiger partial charge in [-0.05, 0) is 20.3 Å². The monoisotopic (exact) mass is 404 g/mol. The Morgan fingerprint density at radius 2 is 1.36 bits per heavy atom. The number of rotatable bonds is 13. The summed E-state index contributed by atoms with van der Waals surface area (Å²) in [6.07, 6.45) is 3.81. The molecule has 2 rings (SSSR count). The van der Waals surface area contributed by atoms with Gasteiger partial charge in [-0.2, -0.15) is 0 Å². The molecule has 0 saturated carbocycles. The van der Waals surface area contributed by atoms with Crippen molar-refractivity contribution < 1.29 is 26.8 Å². The van der Waals surface area contributed by atoms with Crippen molar-refractivity contribution in [2.24, 2.45) is 4.99 Å². The van der Waals surface area contributed by atoms with Crippen LogP contribution in [0.5, 0.6) is 0 Å². The maximum Gasteiger partial charge on any atom is 0.184 e. The van der Waals surface area contributed by atoms with E-state index in [0.29, 0.717) is 13.2 Å². The molecule has 0 fully saturated rings. The second kappa shape index (κ2) is 15.2. The lowest BCUT2D eigenvalue weighted by Gasteiger charge is -2.16. The minimum atomic E-state index is -0.104. The molecule has 0 radical (unpaired) electrons. The number of nitrogens with zero attached hydrogens (tertiary/aromatic N) is 1. The van der Waals surface area contributed by atoms with E-state index in [1.54, 1.807) is 0 Å². The van der Waals surface area contributed by atoms with Crippen molar-refractivity contribution >= 4 is 6.34 Å². The average molecular weight is 405 g/mol. The van der Waals surface area contributed by atoms with Crippen LogP contribution in [-0.4, -0.2) is 32.4 Å². The van der Waals surface area contributed by atoms with Crippen LogP contribution in [0.3, 0.4) is 0 Å². The van der Waals surface area contributed by atoms with Crippen LogP contribution in [0.2, 0.25) is 0 Å². The zero-order chi connectivity index (χ0) is 19.2. The van der Waals surface area contributed by atoms with Crippen LogP contribution in [0, 0.1) is 0 Å². The van der Waals surface area contributed by atoms with Gasteiger partial charge in [0.1, 0.15) is 13.1 Å². The minimum absolute atomic E-state index is 0. The second-order valence-corrected chi connectivity index (χ2v) is 6.50. The molecule has 0 aliphatic heterocycles. The molecule has 2 aromatic rings. The van der Waals surface area contributed by atoms with Gasteiger partial charge in [0.15, 0.2) is 12.6 Å². The van der Waals surface area contributed by atoms with Crippen molar-refractivity contribution in [3.05, 3.63) is 71.8 Å². The SMILES string of the molecule is CCOC(CCCN=C[NH+](Cc1ccccc1)Cc1ccccc1)OCC.[Cl-]. The van der Waals surface area contributed by atoms with Crippen LogP contribution in [-0.2, 0) is 22.6 Å². The molecule has 5 heteroatoms. The molecule has 0 saturated heterocycles. The fraction of sp³-hybridized carbons (Fsp3) is 0.435. The Balaban J connectivity index is 0.00000392. The van der Waals surface area contributed by atoms with Gasteiger partial charge < -0.3 is 21.9 Å². The molecule has 0 bridgehead atoms. The predicted octanol–water partition coefficient (Wildman–Crippen LogP) is 0.483.